The summed E-state index contributed by atoms with van der Waals surface area (Å²) < 4.78 is 2.81. The second-order valence-electron chi connectivity index (χ2n) is 4.54. The molecule has 0 saturated heterocycles. The summed E-state index contributed by atoms with van der Waals surface area (Å²) in [6.07, 6.45) is 5.78. The van der Waals surface area contributed by atoms with Crippen molar-refractivity contribution in [1.29, 1.82) is 0 Å². The molecule has 0 aliphatic carbocycles. The average molecular weight is 269 g/mol. The maximum Gasteiger partial charge on any atom is 0.182 e. The number of hydrogen-bond donors (Lipinski definition) is 1. The van der Waals surface area contributed by atoms with Crippen LogP contribution in [0.5, 0.6) is 0 Å². The minimum atomic E-state index is 0.714. The predicted molar refractivity (Wildman–Crippen MR) is 80.2 cm³/mol. The van der Waals surface area contributed by atoms with E-state index in [4.69, 9.17) is 12.2 Å². The Kier molecular flexibility index (Phi) is 3.17. The van der Waals surface area contributed by atoms with E-state index in [1.165, 1.54) is 5.56 Å². The fraction of sp³-hybridized carbons (Fsp3) is 0.200. The molecule has 0 bridgehead atoms. The van der Waals surface area contributed by atoms with Crippen LogP contribution >= 0.6 is 12.2 Å². The van der Waals surface area contributed by atoms with Crippen molar-refractivity contribution in [2.75, 3.05) is 0 Å². The number of para-hydroxylation sites is 1. The Morgan fingerprint density at radius 3 is 2.95 bits per heavy atom. The summed E-state index contributed by atoms with van der Waals surface area (Å²) in [5.41, 5.74) is 4.52. The molecular formula is C15H15N3S. The lowest BCUT2D eigenvalue weighted by Crippen LogP contribution is -1.99. The number of aromatic nitrogens is 3. The van der Waals surface area contributed by atoms with E-state index in [0.29, 0.717) is 4.77 Å². The fourth-order valence-corrected chi connectivity index (χ4v) is 2.71. The summed E-state index contributed by atoms with van der Waals surface area (Å²) in [7, 11) is 0. The Bertz CT molecular complexity index is 770. The molecule has 3 nitrogen and oxygen atoms in total. The van der Waals surface area contributed by atoms with Crippen molar-refractivity contribution in [3.8, 4) is 5.69 Å². The number of imidazole rings is 1. The monoisotopic (exact) mass is 269 g/mol. The highest BCUT2D eigenvalue weighted by atomic mass is 32.1. The van der Waals surface area contributed by atoms with Crippen LogP contribution in [-0.4, -0.2) is 14.5 Å². The molecule has 0 spiro atoms. The molecule has 1 aromatic carbocycles. The molecule has 2 heterocycles. The van der Waals surface area contributed by atoms with Crippen LogP contribution in [0.15, 0.2) is 42.7 Å². The first kappa shape index (κ1) is 12.1. The highest BCUT2D eigenvalue weighted by Gasteiger charge is 2.09. The van der Waals surface area contributed by atoms with Gasteiger partial charge in [0, 0.05) is 6.20 Å². The van der Waals surface area contributed by atoms with Crippen molar-refractivity contribution in [2.24, 2.45) is 0 Å². The van der Waals surface area contributed by atoms with Crippen molar-refractivity contribution in [1.82, 2.24) is 14.5 Å². The third-order valence-electron chi connectivity index (χ3n) is 3.24. The van der Waals surface area contributed by atoms with Crippen LogP contribution in [0.25, 0.3) is 16.7 Å². The molecule has 2 aromatic heterocycles. The van der Waals surface area contributed by atoms with Gasteiger partial charge >= 0.3 is 0 Å². The van der Waals surface area contributed by atoms with Crippen molar-refractivity contribution in [3.63, 3.8) is 0 Å². The van der Waals surface area contributed by atoms with Gasteiger partial charge in [-0.3, -0.25) is 9.55 Å². The molecule has 0 atom stereocenters. The van der Waals surface area contributed by atoms with Crippen molar-refractivity contribution in [2.45, 2.75) is 19.8 Å². The second kappa shape index (κ2) is 4.97. The minimum Gasteiger partial charge on any atom is -0.329 e. The Balaban J connectivity index is 2.30. The summed E-state index contributed by atoms with van der Waals surface area (Å²) in [4.78, 5) is 7.34. The molecule has 0 radical (unpaired) electrons. The predicted octanol–water partition coefficient (Wildman–Crippen LogP) is 4.04. The van der Waals surface area contributed by atoms with Gasteiger partial charge in [-0.1, -0.05) is 31.5 Å². The van der Waals surface area contributed by atoms with Gasteiger partial charge in [0.15, 0.2) is 4.77 Å². The highest BCUT2D eigenvalue weighted by Crippen LogP contribution is 2.22. The van der Waals surface area contributed by atoms with E-state index in [2.05, 4.69) is 45.7 Å². The van der Waals surface area contributed by atoms with Crippen molar-refractivity contribution in [3.05, 3.63) is 53.1 Å². The molecule has 0 saturated carbocycles. The van der Waals surface area contributed by atoms with E-state index >= 15 is 0 Å². The molecule has 0 aliphatic heterocycles. The van der Waals surface area contributed by atoms with Crippen LogP contribution in [0, 0.1) is 4.77 Å². The fourth-order valence-electron chi connectivity index (χ4n) is 2.41. The van der Waals surface area contributed by atoms with Gasteiger partial charge in [0.1, 0.15) is 0 Å². The van der Waals surface area contributed by atoms with Gasteiger partial charge in [-0.05, 0) is 36.3 Å². The van der Waals surface area contributed by atoms with Gasteiger partial charge in [0.05, 0.1) is 22.9 Å². The normalized spacial score (nSPS) is 11.0. The molecule has 19 heavy (non-hydrogen) atoms. The smallest absolute Gasteiger partial charge is 0.182 e. The lowest BCUT2D eigenvalue weighted by molar-refractivity contribution is 0.900. The standard InChI is InChI=1S/C15H15N3S/c1-2-5-11-6-3-4-7-13(11)18-14-8-9-16-10-12(14)17-15(18)19/h3-4,6-10H,2,5H2,1H3,(H,17,19). The SMILES string of the molecule is CCCc1ccccc1-n1c(=S)[nH]c2cnccc21. The third-order valence-corrected chi connectivity index (χ3v) is 3.52. The van der Waals surface area contributed by atoms with Crippen molar-refractivity contribution >= 4 is 23.3 Å². The van der Waals surface area contributed by atoms with E-state index < -0.39 is 0 Å². The van der Waals surface area contributed by atoms with E-state index in [0.717, 1.165) is 29.6 Å². The largest absolute Gasteiger partial charge is 0.329 e. The first-order valence-electron chi connectivity index (χ1n) is 6.44. The molecule has 1 N–H and O–H groups in total. The lowest BCUT2D eigenvalue weighted by atomic mass is 10.1. The molecule has 0 unspecified atom stereocenters. The van der Waals surface area contributed by atoms with Crippen molar-refractivity contribution < 1.29 is 0 Å². The zero-order valence-corrected chi connectivity index (χ0v) is 11.6. The van der Waals surface area contributed by atoms with Gasteiger partial charge < -0.3 is 4.98 Å². The number of fused-ring (bicyclic) bond motifs is 1. The summed E-state index contributed by atoms with van der Waals surface area (Å²) in [6, 6.07) is 10.4. The second-order valence-corrected chi connectivity index (χ2v) is 4.92. The summed E-state index contributed by atoms with van der Waals surface area (Å²) in [6.45, 7) is 2.19. The van der Waals surface area contributed by atoms with Crippen LogP contribution in [-0.2, 0) is 6.42 Å². The number of pyridine rings is 1. The van der Waals surface area contributed by atoms with Gasteiger partial charge in [0.25, 0.3) is 0 Å². The van der Waals surface area contributed by atoms with Crippen LogP contribution in [0.4, 0.5) is 0 Å². The van der Waals surface area contributed by atoms with Crippen LogP contribution < -0.4 is 0 Å². The Morgan fingerprint density at radius 1 is 1.26 bits per heavy atom. The summed E-state index contributed by atoms with van der Waals surface area (Å²) >= 11 is 5.46. The summed E-state index contributed by atoms with van der Waals surface area (Å²) in [5.74, 6) is 0. The summed E-state index contributed by atoms with van der Waals surface area (Å²) in [5, 5.41) is 0. The van der Waals surface area contributed by atoms with E-state index in [1.807, 2.05) is 12.3 Å². The van der Waals surface area contributed by atoms with Gasteiger partial charge in [-0.25, -0.2) is 0 Å². The number of benzene rings is 1. The number of aromatic amines is 1. The number of nitrogens with zero attached hydrogens (tertiary/aromatic N) is 2. The highest BCUT2D eigenvalue weighted by molar-refractivity contribution is 7.71. The molecule has 0 fully saturated rings. The average Bonchev–Trinajstić information content (AvgIpc) is 2.76. The number of aryl methyl sites for hydroxylation is 1. The number of H-pyrrole nitrogens is 1. The first-order valence-corrected chi connectivity index (χ1v) is 6.85. The Labute approximate surface area is 116 Å². The quantitative estimate of drug-likeness (QED) is 0.728. The maximum atomic E-state index is 5.46. The van der Waals surface area contributed by atoms with Crippen LogP contribution in [0.2, 0.25) is 0 Å². The van der Waals surface area contributed by atoms with E-state index in [9.17, 15) is 0 Å². The number of hydrogen-bond acceptors (Lipinski definition) is 2. The third kappa shape index (κ3) is 2.08. The molecule has 3 rings (SSSR count). The molecule has 96 valence electrons. The Morgan fingerprint density at radius 2 is 2.11 bits per heavy atom. The lowest BCUT2D eigenvalue weighted by Gasteiger charge is -2.10. The Hall–Kier alpha value is -1.94. The maximum absolute atomic E-state index is 5.46. The molecule has 3 aromatic rings. The zero-order chi connectivity index (χ0) is 13.2. The topological polar surface area (TPSA) is 33.6 Å². The zero-order valence-electron chi connectivity index (χ0n) is 10.8. The van der Waals surface area contributed by atoms with E-state index in [1.54, 1.807) is 6.20 Å². The van der Waals surface area contributed by atoms with E-state index in [-0.39, 0.29) is 0 Å². The number of rotatable bonds is 3. The minimum absolute atomic E-state index is 0.714. The molecular weight excluding hydrogens is 254 g/mol. The molecule has 4 heteroatoms. The van der Waals surface area contributed by atoms with Gasteiger partial charge in [-0.2, -0.15) is 0 Å². The van der Waals surface area contributed by atoms with Gasteiger partial charge in [-0.15, -0.1) is 0 Å². The first-order chi connectivity index (χ1) is 9.31. The van der Waals surface area contributed by atoms with Crippen LogP contribution in [0.3, 0.4) is 0 Å². The molecule has 0 amide bonds. The van der Waals surface area contributed by atoms with Crippen LogP contribution in [0.1, 0.15) is 18.9 Å². The number of nitrogens with one attached hydrogen (secondary N) is 1. The molecule has 0 aliphatic rings. The van der Waals surface area contributed by atoms with Gasteiger partial charge in [0.2, 0.25) is 0 Å².